The summed E-state index contributed by atoms with van der Waals surface area (Å²) in [4.78, 5) is 63.2. The summed E-state index contributed by atoms with van der Waals surface area (Å²) in [7, 11) is 0. The Balaban J connectivity index is 5.40. The Morgan fingerprint density at radius 3 is 1.90 bits per heavy atom. The number of guanidine groups is 1. The van der Waals surface area contributed by atoms with Crippen molar-refractivity contribution in [2.24, 2.45) is 27.9 Å². The van der Waals surface area contributed by atoms with Gasteiger partial charge in [0.2, 0.25) is 23.6 Å². The third-order valence-electron chi connectivity index (χ3n) is 3.83. The van der Waals surface area contributed by atoms with E-state index >= 15 is 0 Å². The van der Waals surface area contributed by atoms with E-state index in [1.54, 1.807) is 0 Å². The lowest BCUT2D eigenvalue weighted by molar-refractivity contribution is -0.141. The molecular weight excluding hydrogens is 432 g/mol. The van der Waals surface area contributed by atoms with Crippen LogP contribution in [-0.2, 0) is 24.0 Å². The number of hydrogen-bond acceptors (Lipinski definition) is 8. The zero-order valence-electron chi connectivity index (χ0n) is 17.0. The van der Waals surface area contributed by atoms with Gasteiger partial charge in [-0.3, -0.25) is 24.2 Å². The van der Waals surface area contributed by atoms with Gasteiger partial charge in [0.25, 0.3) is 0 Å². The Bertz CT molecular complexity index is 698. The predicted molar refractivity (Wildman–Crippen MR) is 115 cm³/mol. The van der Waals surface area contributed by atoms with E-state index in [2.05, 4.69) is 33.6 Å². The molecule has 31 heavy (non-hydrogen) atoms. The van der Waals surface area contributed by atoms with Crippen LogP contribution in [0.4, 0.5) is 0 Å². The topological polar surface area (TPSA) is 258 Å². The Labute approximate surface area is 184 Å². The summed E-state index contributed by atoms with van der Waals surface area (Å²) < 4.78 is 0. The van der Waals surface area contributed by atoms with Crippen LogP contribution in [0.5, 0.6) is 0 Å². The van der Waals surface area contributed by atoms with Gasteiger partial charge in [-0.2, -0.15) is 12.6 Å². The molecule has 0 heterocycles. The monoisotopic (exact) mass is 462 g/mol. The summed E-state index contributed by atoms with van der Waals surface area (Å²) in [5.74, 6) is -5.02. The van der Waals surface area contributed by atoms with Gasteiger partial charge in [0.15, 0.2) is 5.96 Å². The first-order valence-electron chi connectivity index (χ1n) is 9.23. The molecule has 4 amide bonds. The smallest absolute Gasteiger partial charge is 0.327 e. The molecule has 0 aliphatic heterocycles. The molecule has 0 aromatic heterocycles. The van der Waals surface area contributed by atoms with E-state index < -0.39 is 60.2 Å². The van der Waals surface area contributed by atoms with Crippen molar-refractivity contribution in [3.63, 3.8) is 0 Å². The van der Waals surface area contributed by atoms with Crippen molar-refractivity contribution in [2.75, 3.05) is 12.3 Å². The maximum absolute atomic E-state index is 12.7. The van der Waals surface area contributed by atoms with E-state index in [1.807, 2.05) is 0 Å². The molecule has 0 rings (SSSR count). The number of amides is 4. The molecule has 0 radical (unpaired) electrons. The van der Waals surface area contributed by atoms with Gasteiger partial charge in [0, 0.05) is 12.3 Å². The van der Waals surface area contributed by atoms with Crippen LogP contribution in [0.15, 0.2) is 4.99 Å². The maximum Gasteiger partial charge on any atom is 0.327 e. The molecule has 176 valence electrons. The van der Waals surface area contributed by atoms with Gasteiger partial charge < -0.3 is 44.0 Å². The number of nitrogens with one attached hydrogen (secondary N) is 3. The Morgan fingerprint density at radius 1 is 0.935 bits per heavy atom. The first-order chi connectivity index (χ1) is 14.4. The van der Waals surface area contributed by atoms with Crippen LogP contribution >= 0.6 is 12.6 Å². The molecule has 14 nitrogen and oxygen atoms in total. The lowest BCUT2D eigenvalue weighted by Gasteiger charge is -2.24. The normalized spacial score (nSPS) is 14.3. The van der Waals surface area contributed by atoms with E-state index in [1.165, 1.54) is 6.92 Å². The summed E-state index contributed by atoms with van der Waals surface area (Å²) in [5.41, 5.74) is 21.1. The molecule has 4 atom stereocenters. The Hall–Kier alpha value is -3.07. The fourth-order valence-electron chi connectivity index (χ4n) is 2.22. The summed E-state index contributed by atoms with van der Waals surface area (Å²) in [6.07, 6.45) is -0.221. The zero-order chi connectivity index (χ0) is 24.1. The molecule has 4 unspecified atom stereocenters. The van der Waals surface area contributed by atoms with Gasteiger partial charge >= 0.3 is 5.97 Å². The van der Waals surface area contributed by atoms with Crippen LogP contribution in [-0.4, -0.2) is 77.1 Å². The number of carbonyl (C=O) groups excluding carboxylic acids is 4. The lowest BCUT2D eigenvalue weighted by Crippen LogP contribution is -2.57. The number of carboxylic acids is 1. The molecule has 0 saturated heterocycles. The quantitative estimate of drug-likeness (QED) is 0.0523. The van der Waals surface area contributed by atoms with Gasteiger partial charge in [-0.05, 0) is 19.8 Å². The summed E-state index contributed by atoms with van der Waals surface area (Å²) in [6.45, 7) is 1.59. The van der Waals surface area contributed by atoms with Crippen molar-refractivity contribution in [1.29, 1.82) is 0 Å². The number of nitrogens with zero attached hydrogens (tertiary/aromatic N) is 1. The molecule has 12 N–H and O–H groups in total. The highest BCUT2D eigenvalue weighted by molar-refractivity contribution is 7.80. The zero-order valence-corrected chi connectivity index (χ0v) is 17.9. The molecule has 0 fully saturated rings. The number of carbonyl (C=O) groups is 5. The van der Waals surface area contributed by atoms with Crippen molar-refractivity contribution in [3.05, 3.63) is 0 Å². The number of aliphatic imine (C=N–C) groups is 1. The second-order valence-corrected chi connectivity index (χ2v) is 6.98. The molecule has 0 spiro atoms. The number of nitrogens with two attached hydrogens (primary N) is 4. The first kappa shape index (κ1) is 27.9. The number of thiol groups is 1. The highest BCUT2D eigenvalue weighted by Crippen LogP contribution is 2.03. The summed E-state index contributed by atoms with van der Waals surface area (Å²) >= 11 is 3.83. The van der Waals surface area contributed by atoms with Crippen molar-refractivity contribution in [3.8, 4) is 0 Å². The average Bonchev–Trinajstić information content (AvgIpc) is 2.66. The number of hydrogen-bond donors (Lipinski definition) is 9. The Morgan fingerprint density at radius 2 is 1.45 bits per heavy atom. The van der Waals surface area contributed by atoms with Crippen LogP contribution in [0.2, 0.25) is 0 Å². The van der Waals surface area contributed by atoms with Crippen molar-refractivity contribution < 1.29 is 29.1 Å². The molecule has 0 saturated carbocycles. The first-order valence-corrected chi connectivity index (χ1v) is 9.86. The fraction of sp³-hybridized carbons (Fsp3) is 0.625. The average molecular weight is 463 g/mol. The van der Waals surface area contributed by atoms with Gasteiger partial charge in [0.1, 0.15) is 18.1 Å². The van der Waals surface area contributed by atoms with Crippen LogP contribution in [0.25, 0.3) is 0 Å². The van der Waals surface area contributed by atoms with E-state index in [-0.39, 0.29) is 24.7 Å². The minimum Gasteiger partial charge on any atom is -0.480 e. The largest absolute Gasteiger partial charge is 0.480 e. The number of carboxylic acid groups (broad SMARTS) is 1. The summed E-state index contributed by atoms with van der Waals surface area (Å²) in [6, 6.07) is -4.86. The van der Waals surface area contributed by atoms with E-state index in [4.69, 9.17) is 28.0 Å². The molecule has 0 aliphatic carbocycles. The second-order valence-electron chi connectivity index (χ2n) is 6.61. The fourth-order valence-corrected chi connectivity index (χ4v) is 2.46. The van der Waals surface area contributed by atoms with E-state index in [0.29, 0.717) is 6.42 Å². The minimum atomic E-state index is -1.47. The maximum atomic E-state index is 12.7. The standard InChI is InChI=1S/C16H30N8O6S/c1-7(17)12(26)22-8(3-2-4-21-16(19)20)13(27)23-9(5-11(18)25)14(28)24-10(6-31)15(29)30/h7-10,31H,2-6,17H2,1H3,(H2,18,25)(H,22,26)(H,23,27)(H,24,28)(H,29,30)(H4,19,20,21). The number of primary amides is 1. The second kappa shape index (κ2) is 14.0. The highest BCUT2D eigenvalue weighted by atomic mass is 32.1. The van der Waals surface area contributed by atoms with Crippen LogP contribution in [0.3, 0.4) is 0 Å². The Kier molecular flexibility index (Phi) is 12.6. The van der Waals surface area contributed by atoms with E-state index in [9.17, 15) is 24.0 Å². The van der Waals surface area contributed by atoms with Gasteiger partial charge in [-0.1, -0.05) is 0 Å². The third kappa shape index (κ3) is 11.6. The molecule has 15 heteroatoms. The highest BCUT2D eigenvalue weighted by Gasteiger charge is 2.30. The van der Waals surface area contributed by atoms with Gasteiger partial charge in [-0.25, -0.2) is 4.79 Å². The molecular formula is C16H30N8O6S. The van der Waals surface area contributed by atoms with E-state index in [0.717, 1.165) is 0 Å². The van der Waals surface area contributed by atoms with Gasteiger partial charge in [0.05, 0.1) is 12.5 Å². The van der Waals surface area contributed by atoms with Crippen LogP contribution < -0.4 is 38.9 Å². The lowest BCUT2D eigenvalue weighted by atomic mass is 10.1. The molecule has 0 bridgehead atoms. The van der Waals surface area contributed by atoms with Crippen molar-refractivity contribution in [2.45, 2.75) is 50.4 Å². The SMILES string of the molecule is CC(N)C(=O)NC(CCCN=C(N)N)C(=O)NC(CC(N)=O)C(=O)NC(CS)C(=O)O. The summed E-state index contributed by atoms with van der Waals surface area (Å²) in [5, 5.41) is 15.9. The number of aliphatic carboxylic acids is 1. The third-order valence-corrected chi connectivity index (χ3v) is 4.19. The van der Waals surface area contributed by atoms with Gasteiger partial charge in [-0.15, -0.1) is 0 Å². The molecule has 0 aromatic carbocycles. The minimum absolute atomic E-state index is 0.0837. The van der Waals surface area contributed by atoms with Crippen molar-refractivity contribution in [1.82, 2.24) is 16.0 Å². The predicted octanol–water partition coefficient (Wildman–Crippen LogP) is -4.27. The molecule has 0 aromatic rings. The van der Waals surface area contributed by atoms with Crippen molar-refractivity contribution >= 4 is 48.2 Å². The van der Waals surface area contributed by atoms with Crippen LogP contribution in [0, 0.1) is 0 Å². The van der Waals surface area contributed by atoms with Crippen LogP contribution in [0.1, 0.15) is 26.2 Å². The number of rotatable bonds is 14. The molecule has 0 aliphatic rings.